The van der Waals surface area contributed by atoms with Crippen molar-refractivity contribution in [2.24, 2.45) is 23.3 Å². The second kappa shape index (κ2) is 8.62. The molecule has 2 atom stereocenters. The number of nitrogens with two attached hydrogens (primary N) is 2. The molecule has 0 heterocycles. The van der Waals surface area contributed by atoms with E-state index in [-0.39, 0.29) is 32.0 Å². The van der Waals surface area contributed by atoms with Crippen LogP contribution < -0.4 is 11.5 Å². The van der Waals surface area contributed by atoms with Crippen LogP contribution in [0.25, 0.3) is 0 Å². The molecule has 1 fully saturated rings. The Hall–Kier alpha value is 0.528. The standard InChI is InChI=1S/C6H14N2.2H2O.Pt/c7-3-5-1-2-6(5)4-8;;;/h5-6H,1-4,7-8H2;2*1H2;. The third kappa shape index (κ3) is 4.18. The Bertz CT molecular complexity index is 71.0. The average Bonchev–Trinajstić information content (AvgIpc) is 1.66. The van der Waals surface area contributed by atoms with E-state index in [0.29, 0.717) is 0 Å². The maximum atomic E-state index is 5.44. The SMILES string of the molecule is NCC1CCC1CN.O.O.[Pt]. The molecule has 2 unspecified atom stereocenters. The third-order valence-electron chi connectivity index (χ3n) is 2.18. The minimum absolute atomic E-state index is 0. The van der Waals surface area contributed by atoms with Crippen LogP contribution in [0.5, 0.6) is 0 Å². The molecule has 4 nitrogen and oxygen atoms in total. The van der Waals surface area contributed by atoms with Crippen LogP contribution in [0.3, 0.4) is 0 Å². The van der Waals surface area contributed by atoms with E-state index < -0.39 is 0 Å². The molecule has 1 aliphatic rings. The first kappa shape index (κ1) is 17.6. The summed E-state index contributed by atoms with van der Waals surface area (Å²) >= 11 is 0. The quantitative estimate of drug-likeness (QED) is 0.620. The minimum Gasteiger partial charge on any atom is -0.412 e. The fourth-order valence-electron chi connectivity index (χ4n) is 1.26. The Morgan fingerprint density at radius 2 is 1.18 bits per heavy atom. The van der Waals surface area contributed by atoms with Crippen molar-refractivity contribution in [2.75, 3.05) is 13.1 Å². The Morgan fingerprint density at radius 1 is 0.909 bits per heavy atom. The van der Waals surface area contributed by atoms with E-state index in [0.717, 1.165) is 24.9 Å². The van der Waals surface area contributed by atoms with Crippen molar-refractivity contribution >= 4 is 0 Å². The van der Waals surface area contributed by atoms with Gasteiger partial charge in [-0.3, -0.25) is 0 Å². The van der Waals surface area contributed by atoms with E-state index >= 15 is 0 Å². The zero-order chi connectivity index (χ0) is 5.98. The van der Waals surface area contributed by atoms with Gasteiger partial charge < -0.3 is 22.4 Å². The second-order valence-corrected chi connectivity index (χ2v) is 2.57. The Labute approximate surface area is 81.6 Å². The summed E-state index contributed by atoms with van der Waals surface area (Å²) in [7, 11) is 0. The van der Waals surface area contributed by atoms with Gasteiger partial charge in [-0.1, -0.05) is 0 Å². The van der Waals surface area contributed by atoms with Crippen molar-refractivity contribution in [1.29, 1.82) is 0 Å². The number of hydrogen-bond donors (Lipinski definition) is 2. The molecule has 11 heavy (non-hydrogen) atoms. The smallest absolute Gasteiger partial charge is 0 e. The topological polar surface area (TPSA) is 115 Å². The van der Waals surface area contributed by atoms with Crippen molar-refractivity contribution in [2.45, 2.75) is 12.8 Å². The summed E-state index contributed by atoms with van der Waals surface area (Å²) in [5.74, 6) is 1.50. The summed E-state index contributed by atoms with van der Waals surface area (Å²) in [5, 5.41) is 0. The normalized spacial score (nSPS) is 26.7. The average molecular weight is 345 g/mol. The monoisotopic (exact) mass is 345 g/mol. The molecule has 1 rings (SSSR count). The largest absolute Gasteiger partial charge is 0.412 e. The summed E-state index contributed by atoms with van der Waals surface area (Å²) < 4.78 is 0. The minimum atomic E-state index is 0. The maximum absolute atomic E-state index is 5.44. The van der Waals surface area contributed by atoms with Gasteiger partial charge in [0.15, 0.2) is 0 Å². The molecule has 74 valence electrons. The fraction of sp³-hybridized carbons (Fsp3) is 1.00. The summed E-state index contributed by atoms with van der Waals surface area (Å²) in [6, 6.07) is 0. The third-order valence-corrected chi connectivity index (χ3v) is 2.18. The van der Waals surface area contributed by atoms with Crippen LogP contribution >= 0.6 is 0 Å². The van der Waals surface area contributed by atoms with Gasteiger partial charge in [-0.2, -0.15) is 0 Å². The Kier molecular flexibility index (Phi) is 13.8. The van der Waals surface area contributed by atoms with Crippen molar-refractivity contribution in [1.82, 2.24) is 0 Å². The molecule has 0 aromatic rings. The molecular formula is C6H18N2O2Pt. The van der Waals surface area contributed by atoms with Gasteiger partial charge in [0.05, 0.1) is 0 Å². The second-order valence-electron chi connectivity index (χ2n) is 2.57. The fourth-order valence-corrected chi connectivity index (χ4v) is 1.26. The molecular weight excluding hydrogens is 327 g/mol. The van der Waals surface area contributed by atoms with Gasteiger partial charge in [0, 0.05) is 21.1 Å². The molecule has 1 saturated carbocycles. The molecule has 0 saturated heterocycles. The zero-order valence-corrected chi connectivity index (χ0v) is 8.73. The van der Waals surface area contributed by atoms with Crippen molar-refractivity contribution in [3.05, 3.63) is 0 Å². The van der Waals surface area contributed by atoms with Gasteiger partial charge >= 0.3 is 0 Å². The van der Waals surface area contributed by atoms with E-state index in [4.69, 9.17) is 11.5 Å². The molecule has 0 aromatic carbocycles. The van der Waals surface area contributed by atoms with Gasteiger partial charge in [-0.15, -0.1) is 0 Å². The Balaban J connectivity index is -0.000000213. The molecule has 0 spiro atoms. The molecule has 0 amide bonds. The summed E-state index contributed by atoms with van der Waals surface area (Å²) in [6.45, 7) is 1.67. The summed E-state index contributed by atoms with van der Waals surface area (Å²) in [5.41, 5.74) is 10.9. The van der Waals surface area contributed by atoms with E-state index in [9.17, 15) is 0 Å². The Morgan fingerprint density at radius 3 is 1.27 bits per heavy atom. The van der Waals surface area contributed by atoms with E-state index in [2.05, 4.69) is 0 Å². The van der Waals surface area contributed by atoms with Gasteiger partial charge in [-0.25, -0.2) is 0 Å². The number of rotatable bonds is 2. The van der Waals surface area contributed by atoms with Gasteiger partial charge in [0.25, 0.3) is 0 Å². The van der Waals surface area contributed by atoms with E-state index in [1.165, 1.54) is 12.8 Å². The molecule has 8 N–H and O–H groups in total. The predicted molar refractivity (Wildman–Crippen MR) is 41.6 cm³/mol. The van der Waals surface area contributed by atoms with Crippen molar-refractivity contribution in [3.8, 4) is 0 Å². The number of hydrogen-bond acceptors (Lipinski definition) is 2. The van der Waals surface area contributed by atoms with Crippen LogP contribution in [-0.2, 0) is 21.1 Å². The molecule has 0 aromatic heterocycles. The first-order chi connectivity index (χ1) is 3.88. The van der Waals surface area contributed by atoms with Crippen LogP contribution in [0.4, 0.5) is 0 Å². The van der Waals surface area contributed by atoms with E-state index in [1.807, 2.05) is 0 Å². The summed E-state index contributed by atoms with van der Waals surface area (Å²) in [6.07, 6.45) is 2.61. The van der Waals surface area contributed by atoms with Crippen LogP contribution in [0.2, 0.25) is 0 Å². The first-order valence-electron chi connectivity index (χ1n) is 3.28. The van der Waals surface area contributed by atoms with Crippen molar-refractivity contribution in [3.63, 3.8) is 0 Å². The first-order valence-corrected chi connectivity index (χ1v) is 3.28. The van der Waals surface area contributed by atoms with Crippen LogP contribution in [-0.4, -0.2) is 24.0 Å². The predicted octanol–water partition coefficient (Wildman–Crippen LogP) is -1.72. The van der Waals surface area contributed by atoms with Crippen LogP contribution in [0.1, 0.15) is 12.8 Å². The van der Waals surface area contributed by atoms with E-state index in [1.54, 1.807) is 0 Å². The molecule has 0 bridgehead atoms. The van der Waals surface area contributed by atoms with Gasteiger partial charge in [-0.05, 0) is 37.8 Å². The molecule has 1 aliphatic carbocycles. The maximum Gasteiger partial charge on any atom is 0 e. The molecule has 0 aliphatic heterocycles. The van der Waals surface area contributed by atoms with Gasteiger partial charge in [0.2, 0.25) is 0 Å². The molecule has 0 radical (unpaired) electrons. The van der Waals surface area contributed by atoms with Crippen LogP contribution in [0.15, 0.2) is 0 Å². The summed E-state index contributed by atoms with van der Waals surface area (Å²) in [4.78, 5) is 0. The van der Waals surface area contributed by atoms with Crippen molar-refractivity contribution < 1.29 is 32.0 Å². The van der Waals surface area contributed by atoms with Gasteiger partial charge in [0.1, 0.15) is 0 Å². The molecule has 5 heteroatoms. The van der Waals surface area contributed by atoms with Crippen LogP contribution in [0, 0.1) is 11.8 Å². The zero-order valence-electron chi connectivity index (χ0n) is 6.45.